The molecule has 0 saturated carbocycles. The predicted molar refractivity (Wildman–Crippen MR) is 129 cm³/mol. The first-order chi connectivity index (χ1) is 15.3. The van der Waals surface area contributed by atoms with Crippen LogP contribution in [-0.2, 0) is 33.7 Å². The van der Waals surface area contributed by atoms with Crippen LogP contribution in [-0.4, -0.2) is 13.2 Å². The fraction of sp³-hybridized carbons (Fsp3) is 0.348. The van der Waals surface area contributed by atoms with Gasteiger partial charge in [0, 0.05) is 45.8 Å². The molecule has 0 atom stereocenters. The van der Waals surface area contributed by atoms with Gasteiger partial charge in [0.2, 0.25) is 0 Å². The molecule has 0 aliphatic carbocycles. The Kier molecular flexibility index (Phi) is 8.48. The number of halogens is 2. The van der Waals surface area contributed by atoms with Crippen LogP contribution in [0.5, 0.6) is 5.75 Å². The van der Waals surface area contributed by atoms with E-state index in [2.05, 4.69) is 0 Å². The van der Waals surface area contributed by atoms with E-state index in [4.69, 9.17) is 41.4 Å². The maximum atomic E-state index is 14.4. The molecule has 2 aromatic carbocycles. The Labute approximate surface area is 196 Å². The van der Waals surface area contributed by atoms with Gasteiger partial charge in [-0.25, -0.2) is 9.18 Å². The highest BCUT2D eigenvalue weighted by Crippen LogP contribution is 2.50. The highest BCUT2D eigenvalue weighted by molar-refractivity contribution is 8.07. The average molecular weight is 499 g/mol. The van der Waals surface area contributed by atoms with E-state index in [9.17, 15) is 9.18 Å². The monoisotopic (exact) mass is 498 g/mol. The Morgan fingerprint density at radius 2 is 1.78 bits per heavy atom. The lowest BCUT2D eigenvalue weighted by atomic mass is 9.95. The van der Waals surface area contributed by atoms with Crippen LogP contribution < -0.4 is 10.1 Å². The summed E-state index contributed by atoms with van der Waals surface area (Å²) in [7, 11) is 0. The molecule has 3 rings (SSSR count). The quantitative estimate of drug-likeness (QED) is 0.226. The van der Waals surface area contributed by atoms with E-state index in [1.165, 1.54) is 12.1 Å². The van der Waals surface area contributed by atoms with Crippen molar-refractivity contribution in [2.75, 3.05) is 13.2 Å². The highest BCUT2D eigenvalue weighted by atomic mass is 35.5. The van der Waals surface area contributed by atoms with Gasteiger partial charge in [0.05, 0.1) is 13.2 Å². The van der Waals surface area contributed by atoms with E-state index < -0.39 is 18.2 Å². The molecule has 0 aliphatic rings. The predicted octanol–water partition coefficient (Wildman–Crippen LogP) is 6.81. The lowest BCUT2D eigenvalue weighted by Crippen LogP contribution is -2.14. The largest absolute Gasteiger partial charge is 0.424 e. The van der Waals surface area contributed by atoms with Gasteiger partial charge >= 0.3 is 12.3 Å². The van der Waals surface area contributed by atoms with Crippen LogP contribution in [0.2, 0.25) is 5.02 Å². The second-order valence-electron chi connectivity index (χ2n) is 7.01. The maximum absolute atomic E-state index is 14.4. The molecule has 0 spiro atoms. The maximum Gasteiger partial charge on any atom is 0.380 e. The second kappa shape index (κ2) is 10.9. The second-order valence-corrected chi connectivity index (χ2v) is 10.3. The van der Waals surface area contributed by atoms with Gasteiger partial charge in [0.1, 0.15) is 17.1 Å². The first kappa shape index (κ1) is 24.9. The third-order valence-electron chi connectivity index (χ3n) is 4.80. The minimum absolute atomic E-state index is 0.0485. The van der Waals surface area contributed by atoms with Gasteiger partial charge in [-0.1, -0.05) is 31.0 Å². The van der Waals surface area contributed by atoms with E-state index in [1.807, 2.05) is 26.8 Å². The molecule has 5 nitrogen and oxygen atoms in total. The van der Waals surface area contributed by atoms with Crippen molar-refractivity contribution in [2.24, 2.45) is 0 Å². The first-order valence-electron chi connectivity index (χ1n) is 10.4. The minimum Gasteiger partial charge on any atom is -0.424 e. The molecule has 1 heterocycles. The molecule has 0 N–H and O–H groups in total. The molecule has 172 valence electrons. The van der Waals surface area contributed by atoms with Crippen molar-refractivity contribution in [3.63, 3.8) is 0 Å². The van der Waals surface area contributed by atoms with E-state index in [1.54, 1.807) is 18.2 Å². The van der Waals surface area contributed by atoms with E-state index in [0.29, 0.717) is 36.5 Å². The SMILES string of the molecule is CCCc1c(Cc2c(F)cccc2Cl)c(=O)oc2cc(OP(=S)(OCC)OCC)ccc12. The van der Waals surface area contributed by atoms with Crippen LogP contribution >= 0.6 is 18.3 Å². The molecule has 1 aromatic heterocycles. The first-order valence-corrected chi connectivity index (χ1v) is 13.4. The third-order valence-corrected chi connectivity index (χ3v) is 7.59. The summed E-state index contributed by atoms with van der Waals surface area (Å²) in [5.41, 5.74) is 1.29. The van der Waals surface area contributed by atoms with Gasteiger partial charge in [-0.05, 0) is 50.1 Å². The van der Waals surface area contributed by atoms with Gasteiger partial charge in [-0.3, -0.25) is 9.05 Å². The summed E-state index contributed by atoms with van der Waals surface area (Å²) in [5, 5.41) is 1.02. The van der Waals surface area contributed by atoms with E-state index >= 15 is 0 Å². The Bertz CT molecular complexity index is 1180. The Hall–Kier alpha value is -1.76. The lowest BCUT2D eigenvalue weighted by molar-refractivity contribution is 0.218. The Morgan fingerprint density at radius 3 is 2.41 bits per heavy atom. The zero-order valence-corrected chi connectivity index (χ0v) is 20.6. The molecule has 32 heavy (non-hydrogen) atoms. The minimum atomic E-state index is -2.96. The summed E-state index contributed by atoms with van der Waals surface area (Å²) in [6, 6.07) is 9.61. The van der Waals surface area contributed by atoms with E-state index in [0.717, 1.165) is 17.4 Å². The summed E-state index contributed by atoms with van der Waals surface area (Å²) in [5.74, 6) is -0.0703. The Balaban J connectivity index is 2.08. The molecule has 0 radical (unpaired) electrons. The van der Waals surface area contributed by atoms with Crippen LogP contribution in [0.4, 0.5) is 4.39 Å². The average Bonchev–Trinajstić information content (AvgIpc) is 2.72. The summed E-state index contributed by atoms with van der Waals surface area (Å²) < 4.78 is 36.9. The summed E-state index contributed by atoms with van der Waals surface area (Å²) in [6.07, 6.45) is 1.47. The Morgan fingerprint density at radius 1 is 1.06 bits per heavy atom. The zero-order valence-electron chi connectivity index (χ0n) is 18.2. The number of rotatable bonds is 10. The highest BCUT2D eigenvalue weighted by Gasteiger charge is 2.23. The molecular weight excluding hydrogens is 474 g/mol. The van der Waals surface area contributed by atoms with Crippen molar-refractivity contribution < 1.29 is 22.4 Å². The van der Waals surface area contributed by atoms with Gasteiger partial charge in [0.15, 0.2) is 0 Å². The number of fused-ring (bicyclic) bond motifs is 1. The fourth-order valence-electron chi connectivity index (χ4n) is 3.47. The zero-order chi connectivity index (χ0) is 23.3. The number of aryl methyl sites for hydroxylation is 1. The van der Waals surface area contributed by atoms with E-state index in [-0.39, 0.29) is 17.0 Å². The van der Waals surface area contributed by atoms with Gasteiger partial charge in [-0.15, -0.1) is 0 Å². The lowest BCUT2D eigenvalue weighted by Gasteiger charge is -2.21. The van der Waals surface area contributed by atoms with Gasteiger partial charge in [-0.2, -0.15) is 0 Å². The van der Waals surface area contributed by atoms with Crippen molar-refractivity contribution in [2.45, 2.75) is 40.0 Å². The van der Waals surface area contributed by atoms with Crippen molar-refractivity contribution in [3.05, 3.63) is 74.3 Å². The van der Waals surface area contributed by atoms with Crippen LogP contribution in [0.3, 0.4) is 0 Å². The van der Waals surface area contributed by atoms with Crippen LogP contribution in [0.15, 0.2) is 45.6 Å². The molecular formula is C23H25ClFO5PS. The molecule has 0 aliphatic heterocycles. The smallest absolute Gasteiger partial charge is 0.380 e. The molecule has 0 amide bonds. The normalized spacial score (nSPS) is 11.8. The van der Waals surface area contributed by atoms with Crippen molar-refractivity contribution in [1.82, 2.24) is 0 Å². The topological polar surface area (TPSA) is 57.9 Å². The van der Waals surface area contributed by atoms with Crippen molar-refractivity contribution in [1.29, 1.82) is 0 Å². The molecule has 9 heteroatoms. The van der Waals surface area contributed by atoms with Crippen LogP contribution in [0, 0.1) is 5.82 Å². The van der Waals surface area contributed by atoms with Crippen molar-refractivity contribution >= 4 is 41.1 Å². The van der Waals surface area contributed by atoms with Crippen LogP contribution in [0.25, 0.3) is 11.0 Å². The number of benzene rings is 2. The molecule has 0 saturated heterocycles. The summed E-state index contributed by atoms with van der Waals surface area (Å²) >= 11 is 11.6. The summed E-state index contributed by atoms with van der Waals surface area (Å²) in [6.45, 7) is 3.36. The molecule has 3 aromatic rings. The fourth-order valence-corrected chi connectivity index (χ4v) is 5.77. The molecule has 0 bridgehead atoms. The van der Waals surface area contributed by atoms with Crippen molar-refractivity contribution in [3.8, 4) is 5.75 Å². The molecule has 0 fully saturated rings. The molecule has 0 unspecified atom stereocenters. The van der Waals surface area contributed by atoms with Crippen LogP contribution in [0.1, 0.15) is 43.9 Å². The standard InChI is InChI=1S/C23H25ClFO5PS/c1-4-8-16-17-12-11-15(30-31(32,27-5-2)28-6-3)13-22(17)29-23(26)18(16)14-19-20(24)9-7-10-21(19)25/h7,9-13H,4-6,8,14H2,1-3H3. The number of hydrogen-bond donors (Lipinski definition) is 0. The van der Waals surface area contributed by atoms with Gasteiger partial charge < -0.3 is 8.94 Å². The van der Waals surface area contributed by atoms with Gasteiger partial charge in [0.25, 0.3) is 0 Å². The summed E-state index contributed by atoms with van der Waals surface area (Å²) in [4.78, 5) is 12.9. The number of hydrogen-bond acceptors (Lipinski definition) is 6. The third kappa shape index (κ3) is 5.59.